The first-order valence-corrected chi connectivity index (χ1v) is 8.49. The van der Waals surface area contributed by atoms with Crippen molar-refractivity contribution in [1.82, 2.24) is 19.8 Å². The molecule has 0 saturated carbocycles. The Hall–Kier alpha value is -1.49. The molecule has 0 N–H and O–H groups in total. The van der Waals surface area contributed by atoms with Gasteiger partial charge >= 0.3 is 0 Å². The highest BCUT2D eigenvalue weighted by Gasteiger charge is 2.19. The standard InChI is InChI=1S/C18H23ClN4/c1-14-12-22(2)8-3-9-23(14)13-15-10-20-18(21-11-15)16-4-6-17(19)7-5-16/h4-7,10-11,14H,3,8-9,12-13H2,1-2H3/t14-/m0/s1. The van der Waals surface area contributed by atoms with E-state index < -0.39 is 0 Å². The van der Waals surface area contributed by atoms with Crippen LogP contribution in [0.25, 0.3) is 11.4 Å². The zero-order chi connectivity index (χ0) is 16.2. The molecule has 1 aromatic heterocycles. The van der Waals surface area contributed by atoms with E-state index in [9.17, 15) is 0 Å². The van der Waals surface area contributed by atoms with Crippen molar-refractivity contribution in [1.29, 1.82) is 0 Å². The second-order valence-electron chi connectivity index (χ2n) is 6.36. The Morgan fingerprint density at radius 3 is 2.52 bits per heavy atom. The van der Waals surface area contributed by atoms with E-state index >= 15 is 0 Å². The molecule has 0 aliphatic carbocycles. The topological polar surface area (TPSA) is 32.3 Å². The van der Waals surface area contributed by atoms with Gasteiger partial charge in [-0.1, -0.05) is 11.6 Å². The highest BCUT2D eigenvalue weighted by atomic mass is 35.5. The Balaban J connectivity index is 1.68. The third-order valence-corrected chi connectivity index (χ3v) is 4.63. The van der Waals surface area contributed by atoms with Crippen molar-refractivity contribution in [3.63, 3.8) is 0 Å². The number of rotatable bonds is 3. The van der Waals surface area contributed by atoms with Crippen molar-refractivity contribution in [2.24, 2.45) is 0 Å². The van der Waals surface area contributed by atoms with Gasteiger partial charge in [0.2, 0.25) is 0 Å². The van der Waals surface area contributed by atoms with Crippen molar-refractivity contribution in [3.05, 3.63) is 47.2 Å². The van der Waals surface area contributed by atoms with Gasteiger partial charge in [-0.05, 0) is 51.2 Å². The maximum atomic E-state index is 5.92. The number of aromatic nitrogens is 2. The van der Waals surface area contributed by atoms with Gasteiger partial charge in [0.05, 0.1) is 0 Å². The summed E-state index contributed by atoms with van der Waals surface area (Å²) in [6, 6.07) is 8.18. The number of hydrogen-bond donors (Lipinski definition) is 0. The molecule has 1 aromatic carbocycles. The summed E-state index contributed by atoms with van der Waals surface area (Å²) >= 11 is 5.92. The Morgan fingerprint density at radius 2 is 1.83 bits per heavy atom. The van der Waals surface area contributed by atoms with E-state index in [4.69, 9.17) is 11.6 Å². The molecule has 0 radical (unpaired) electrons. The number of benzene rings is 1. The fourth-order valence-corrected chi connectivity index (χ4v) is 3.20. The molecule has 1 aliphatic rings. The first-order valence-electron chi connectivity index (χ1n) is 8.11. The summed E-state index contributed by atoms with van der Waals surface area (Å²) in [5, 5.41) is 0.727. The molecular weight excluding hydrogens is 308 g/mol. The average molecular weight is 331 g/mol. The van der Waals surface area contributed by atoms with Crippen LogP contribution in [0.5, 0.6) is 0 Å². The normalized spacial score (nSPS) is 20.4. The minimum atomic E-state index is 0.554. The Bertz CT molecular complexity index is 626. The van der Waals surface area contributed by atoms with E-state index in [0.717, 1.165) is 36.0 Å². The molecule has 122 valence electrons. The molecule has 1 aliphatic heterocycles. The number of halogens is 1. The van der Waals surface area contributed by atoms with Crippen LogP contribution in [-0.2, 0) is 6.54 Å². The van der Waals surface area contributed by atoms with Gasteiger partial charge in [0.25, 0.3) is 0 Å². The Morgan fingerprint density at radius 1 is 1.13 bits per heavy atom. The number of likely N-dealkylation sites (N-methyl/N-ethyl adjacent to an activating group) is 1. The third kappa shape index (κ3) is 4.28. The lowest BCUT2D eigenvalue weighted by molar-refractivity contribution is 0.194. The highest BCUT2D eigenvalue weighted by molar-refractivity contribution is 6.30. The first-order chi connectivity index (χ1) is 11.1. The van der Waals surface area contributed by atoms with Crippen LogP contribution in [0.15, 0.2) is 36.7 Å². The molecule has 2 heterocycles. The molecule has 4 nitrogen and oxygen atoms in total. The third-order valence-electron chi connectivity index (χ3n) is 4.38. The highest BCUT2D eigenvalue weighted by Crippen LogP contribution is 2.18. The van der Waals surface area contributed by atoms with E-state index in [1.54, 1.807) is 0 Å². The monoisotopic (exact) mass is 330 g/mol. The number of hydrogen-bond acceptors (Lipinski definition) is 4. The van der Waals surface area contributed by atoms with Crippen molar-refractivity contribution in [2.45, 2.75) is 25.9 Å². The van der Waals surface area contributed by atoms with Gasteiger partial charge in [-0.3, -0.25) is 4.90 Å². The van der Waals surface area contributed by atoms with Gasteiger partial charge < -0.3 is 4.90 Å². The predicted molar refractivity (Wildman–Crippen MR) is 94.5 cm³/mol. The van der Waals surface area contributed by atoms with Crippen LogP contribution in [0, 0.1) is 0 Å². The second-order valence-corrected chi connectivity index (χ2v) is 6.79. The van der Waals surface area contributed by atoms with Crippen LogP contribution in [-0.4, -0.2) is 52.5 Å². The number of nitrogens with zero attached hydrogens (tertiary/aromatic N) is 4. The van der Waals surface area contributed by atoms with Gasteiger partial charge in [0.15, 0.2) is 5.82 Å². The summed E-state index contributed by atoms with van der Waals surface area (Å²) in [6.45, 7) is 6.63. The van der Waals surface area contributed by atoms with Crippen LogP contribution in [0.1, 0.15) is 18.9 Å². The first kappa shape index (κ1) is 16.4. The van der Waals surface area contributed by atoms with Crippen molar-refractivity contribution in [3.8, 4) is 11.4 Å². The molecule has 23 heavy (non-hydrogen) atoms. The van der Waals surface area contributed by atoms with Crippen LogP contribution in [0.3, 0.4) is 0 Å². The fraction of sp³-hybridized carbons (Fsp3) is 0.444. The lowest BCUT2D eigenvalue weighted by Gasteiger charge is -2.27. The van der Waals surface area contributed by atoms with Crippen LogP contribution >= 0.6 is 11.6 Å². The molecule has 0 unspecified atom stereocenters. The van der Waals surface area contributed by atoms with Crippen molar-refractivity contribution < 1.29 is 0 Å². The summed E-state index contributed by atoms with van der Waals surface area (Å²) in [7, 11) is 2.20. The summed E-state index contributed by atoms with van der Waals surface area (Å²) in [5.41, 5.74) is 2.16. The van der Waals surface area contributed by atoms with E-state index in [0.29, 0.717) is 6.04 Å². The zero-order valence-electron chi connectivity index (χ0n) is 13.7. The fourth-order valence-electron chi connectivity index (χ4n) is 3.08. The molecule has 2 aromatic rings. The smallest absolute Gasteiger partial charge is 0.159 e. The van der Waals surface area contributed by atoms with E-state index in [1.807, 2.05) is 36.7 Å². The predicted octanol–water partition coefficient (Wildman–Crippen LogP) is 3.32. The molecule has 0 bridgehead atoms. The van der Waals surface area contributed by atoms with Crippen LogP contribution < -0.4 is 0 Å². The van der Waals surface area contributed by atoms with Crippen molar-refractivity contribution >= 4 is 11.6 Å². The van der Waals surface area contributed by atoms with Gasteiger partial charge in [0, 0.05) is 54.2 Å². The molecule has 5 heteroatoms. The zero-order valence-corrected chi connectivity index (χ0v) is 14.5. The quantitative estimate of drug-likeness (QED) is 0.864. The molecule has 0 spiro atoms. The molecule has 1 fully saturated rings. The van der Waals surface area contributed by atoms with E-state index in [2.05, 4.69) is 33.7 Å². The lowest BCUT2D eigenvalue weighted by Crippen LogP contribution is -2.37. The van der Waals surface area contributed by atoms with Crippen LogP contribution in [0.4, 0.5) is 0 Å². The summed E-state index contributed by atoms with van der Waals surface area (Å²) in [6.07, 6.45) is 5.10. The Kier molecular flexibility index (Phi) is 5.26. The summed E-state index contributed by atoms with van der Waals surface area (Å²) in [5.74, 6) is 0.745. The molecule has 1 atom stereocenters. The minimum Gasteiger partial charge on any atom is -0.305 e. The second kappa shape index (κ2) is 7.39. The molecule has 0 amide bonds. The van der Waals surface area contributed by atoms with Gasteiger partial charge in [0.1, 0.15) is 0 Å². The summed E-state index contributed by atoms with van der Waals surface area (Å²) in [4.78, 5) is 14.0. The molecule has 1 saturated heterocycles. The maximum absolute atomic E-state index is 5.92. The largest absolute Gasteiger partial charge is 0.305 e. The van der Waals surface area contributed by atoms with E-state index in [1.165, 1.54) is 18.5 Å². The maximum Gasteiger partial charge on any atom is 0.159 e. The van der Waals surface area contributed by atoms with Crippen LogP contribution in [0.2, 0.25) is 5.02 Å². The Labute approximate surface area is 143 Å². The SMILES string of the molecule is C[C@H]1CN(C)CCCN1Cc1cnc(-c2ccc(Cl)cc2)nc1. The van der Waals surface area contributed by atoms with Gasteiger partial charge in [-0.25, -0.2) is 9.97 Å². The average Bonchev–Trinajstić information content (AvgIpc) is 2.70. The molecular formula is C18H23ClN4. The minimum absolute atomic E-state index is 0.554. The van der Waals surface area contributed by atoms with Gasteiger partial charge in [-0.15, -0.1) is 0 Å². The van der Waals surface area contributed by atoms with Gasteiger partial charge in [-0.2, -0.15) is 0 Å². The van der Waals surface area contributed by atoms with Crippen molar-refractivity contribution in [2.75, 3.05) is 26.7 Å². The lowest BCUT2D eigenvalue weighted by atomic mass is 10.2. The summed E-state index contributed by atoms with van der Waals surface area (Å²) < 4.78 is 0. The van der Waals surface area contributed by atoms with E-state index in [-0.39, 0.29) is 0 Å². The molecule has 3 rings (SSSR count).